The van der Waals surface area contributed by atoms with E-state index in [0.717, 1.165) is 23.2 Å². The zero-order valence-electron chi connectivity index (χ0n) is 21.8. The Hall–Kier alpha value is -5.69. The second-order valence-electron chi connectivity index (χ2n) is 8.47. The van der Waals surface area contributed by atoms with Gasteiger partial charge >= 0.3 is 0 Å². The highest BCUT2D eigenvalue weighted by Crippen LogP contribution is 2.19. The highest BCUT2D eigenvalue weighted by atomic mass is 16.2. The van der Waals surface area contributed by atoms with E-state index < -0.39 is 5.91 Å². The van der Waals surface area contributed by atoms with Gasteiger partial charge in [0.05, 0.1) is 11.9 Å². The third kappa shape index (κ3) is 5.74. The molecule has 0 spiro atoms. The predicted molar refractivity (Wildman–Crippen MR) is 155 cm³/mol. The van der Waals surface area contributed by atoms with Crippen molar-refractivity contribution >= 4 is 34.1 Å². The Morgan fingerprint density at radius 1 is 1.12 bits per heavy atom. The largest absolute Gasteiger partial charge is 0.381 e. The van der Waals surface area contributed by atoms with Crippen LogP contribution < -0.4 is 22.3 Å². The third-order valence-electron chi connectivity index (χ3n) is 5.93. The molecule has 0 saturated heterocycles. The van der Waals surface area contributed by atoms with Crippen molar-refractivity contribution in [3.05, 3.63) is 113 Å². The van der Waals surface area contributed by atoms with Crippen LogP contribution in [0.3, 0.4) is 0 Å². The average molecular weight is 534 g/mol. The molecule has 10 heteroatoms. The second kappa shape index (κ2) is 12.2. The van der Waals surface area contributed by atoms with Gasteiger partial charge in [-0.2, -0.15) is 0 Å². The molecule has 3 aromatic heterocycles. The lowest BCUT2D eigenvalue weighted by Crippen LogP contribution is -2.22. The van der Waals surface area contributed by atoms with E-state index in [4.69, 9.17) is 11.5 Å². The number of nitrogen functional groups attached to an aromatic ring is 1. The number of nitrogens with zero attached hydrogens (tertiary/aromatic N) is 4. The van der Waals surface area contributed by atoms with Gasteiger partial charge in [0.2, 0.25) is 5.91 Å². The molecule has 0 bridgehead atoms. The molecule has 5 aromatic rings. The van der Waals surface area contributed by atoms with E-state index >= 15 is 0 Å². The highest BCUT2D eigenvalue weighted by molar-refractivity contribution is 6.03. The van der Waals surface area contributed by atoms with Gasteiger partial charge in [0, 0.05) is 29.3 Å². The third-order valence-corrected chi connectivity index (χ3v) is 5.93. The summed E-state index contributed by atoms with van der Waals surface area (Å²) in [7, 11) is 0. The first kappa shape index (κ1) is 27.3. The Labute approximate surface area is 229 Å². The van der Waals surface area contributed by atoms with Crippen molar-refractivity contribution in [2.24, 2.45) is 5.73 Å². The normalized spacial score (nSPS) is 10.2. The summed E-state index contributed by atoms with van der Waals surface area (Å²) in [6, 6.07) is 19.0. The van der Waals surface area contributed by atoms with Gasteiger partial charge in [-0.05, 0) is 48.2 Å². The lowest BCUT2D eigenvalue weighted by Gasteiger charge is -2.14. The van der Waals surface area contributed by atoms with Crippen molar-refractivity contribution in [2.75, 3.05) is 12.3 Å². The molecular formula is C30H27N7O3. The number of benzene rings is 2. The first-order chi connectivity index (χ1) is 19.3. The molecule has 0 radical (unpaired) electrons. The summed E-state index contributed by atoms with van der Waals surface area (Å²) in [5.41, 5.74) is 13.5. The van der Waals surface area contributed by atoms with Gasteiger partial charge in [0.1, 0.15) is 5.56 Å². The number of hydrogen-bond acceptors (Lipinski definition) is 6. The van der Waals surface area contributed by atoms with Crippen LogP contribution in [-0.2, 0) is 11.2 Å². The quantitative estimate of drug-likeness (QED) is 0.233. The molecule has 200 valence electrons. The number of fused-ring (bicyclic) bond motifs is 2. The Morgan fingerprint density at radius 3 is 2.60 bits per heavy atom. The second-order valence-corrected chi connectivity index (χ2v) is 8.47. The average Bonchev–Trinajstić information content (AvgIpc) is 3.31. The summed E-state index contributed by atoms with van der Waals surface area (Å²) < 4.78 is 3.16. The van der Waals surface area contributed by atoms with E-state index in [9.17, 15) is 14.4 Å². The summed E-state index contributed by atoms with van der Waals surface area (Å²) in [4.78, 5) is 39.4. The van der Waals surface area contributed by atoms with Gasteiger partial charge in [-0.1, -0.05) is 55.7 Å². The zero-order valence-corrected chi connectivity index (χ0v) is 21.8. The van der Waals surface area contributed by atoms with E-state index in [1.807, 2.05) is 61.5 Å². The molecule has 0 aliphatic rings. The number of aryl methyl sites for hydroxylation is 1. The molecule has 0 atom stereocenters. The van der Waals surface area contributed by atoms with Gasteiger partial charge in [0.25, 0.3) is 11.5 Å². The standard InChI is InChI=1S/C23H20N2O2.C7H7N5O/c1-3-19-16-18-11-8-10-17(12-9-15-24-21(26)4-2)22(18)23(27)25(19)20-13-6-5-7-14-20;8-5-4(6(9)13)7-10-2-1-3-12(7)11-5/h4-8,10-11,13-14,16H,2-3,15H2,1H3,(H,24,26);1-3H,(H2,8,11)(H2,9,13). The fraction of sp³-hybridized carbons (Fsp3) is 0.100. The number of carbonyl (C=O) groups excluding carboxylic acids is 2. The van der Waals surface area contributed by atoms with E-state index in [-0.39, 0.29) is 29.4 Å². The van der Waals surface area contributed by atoms with Crippen LogP contribution in [0.15, 0.2) is 90.5 Å². The fourth-order valence-corrected chi connectivity index (χ4v) is 4.12. The van der Waals surface area contributed by atoms with Crippen LogP contribution in [0.4, 0.5) is 5.82 Å². The maximum atomic E-state index is 13.3. The number of nitrogens with one attached hydrogen (secondary N) is 1. The number of nitrogens with two attached hydrogens (primary N) is 2. The maximum Gasteiger partial charge on any atom is 0.264 e. The summed E-state index contributed by atoms with van der Waals surface area (Å²) in [6.07, 6.45) is 5.13. The van der Waals surface area contributed by atoms with Crippen molar-refractivity contribution in [1.82, 2.24) is 24.5 Å². The molecule has 5 N–H and O–H groups in total. The van der Waals surface area contributed by atoms with Crippen molar-refractivity contribution in [3.8, 4) is 17.5 Å². The van der Waals surface area contributed by atoms with Crippen LogP contribution in [-0.4, -0.2) is 37.5 Å². The van der Waals surface area contributed by atoms with Gasteiger partial charge < -0.3 is 16.8 Å². The lowest BCUT2D eigenvalue weighted by atomic mass is 10.0. The van der Waals surface area contributed by atoms with Crippen molar-refractivity contribution in [2.45, 2.75) is 13.3 Å². The van der Waals surface area contributed by atoms with E-state index in [0.29, 0.717) is 16.6 Å². The van der Waals surface area contributed by atoms with Gasteiger partial charge in [0.15, 0.2) is 11.5 Å². The monoisotopic (exact) mass is 533 g/mol. The molecule has 2 aromatic carbocycles. The van der Waals surface area contributed by atoms with E-state index in [1.54, 1.807) is 23.0 Å². The van der Waals surface area contributed by atoms with Crippen LogP contribution in [0.25, 0.3) is 22.1 Å². The van der Waals surface area contributed by atoms with Crippen molar-refractivity contribution < 1.29 is 9.59 Å². The zero-order chi connectivity index (χ0) is 28.6. The van der Waals surface area contributed by atoms with E-state index in [2.05, 4.69) is 33.8 Å². The number of primary amides is 1. The summed E-state index contributed by atoms with van der Waals surface area (Å²) in [5.74, 6) is 5.12. The topological polar surface area (TPSA) is 150 Å². The number of pyridine rings is 1. The number of aromatic nitrogens is 4. The lowest BCUT2D eigenvalue weighted by molar-refractivity contribution is -0.116. The van der Waals surface area contributed by atoms with Gasteiger partial charge in [-0.3, -0.25) is 19.0 Å². The van der Waals surface area contributed by atoms with Crippen LogP contribution in [0, 0.1) is 11.8 Å². The number of anilines is 1. The molecule has 0 aliphatic heterocycles. The molecule has 3 heterocycles. The molecule has 10 nitrogen and oxygen atoms in total. The predicted octanol–water partition coefficient (Wildman–Crippen LogP) is 2.62. The summed E-state index contributed by atoms with van der Waals surface area (Å²) in [5, 5.41) is 7.92. The molecule has 40 heavy (non-hydrogen) atoms. The molecule has 5 rings (SSSR count). The van der Waals surface area contributed by atoms with Gasteiger partial charge in [-0.15, -0.1) is 5.10 Å². The molecule has 0 unspecified atom stereocenters. The SMILES string of the molecule is C=CC(=O)NCC#Cc1cccc2cc(CC)n(-c3ccccc3)c(=O)c12.NC(=O)c1c(N)nn2cccnc12. The number of para-hydroxylation sites is 1. The highest BCUT2D eigenvalue weighted by Gasteiger charge is 2.15. The van der Waals surface area contributed by atoms with Crippen LogP contribution in [0.1, 0.15) is 28.5 Å². The van der Waals surface area contributed by atoms with Crippen molar-refractivity contribution in [1.29, 1.82) is 0 Å². The first-order valence-electron chi connectivity index (χ1n) is 12.4. The Kier molecular flexibility index (Phi) is 8.37. The number of amides is 2. The fourth-order valence-electron chi connectivity index (χ4n) is 4.12. The van der Waals surface area contributed by atoms with Crippen LogP contribution in [0.2, 0.25) is 0 Å². The number of rotatable bonds is 5. The minimum Gasteiger partial charge on any atom is -0.381 e. The Balaban J connectivity index is 0.000000236. The summed E-state index contributed by atoms with van der Waals surface area (Å²) >= 11 is 0. The Morgan fingerprint density at radius 2 is 1.90 bits per heavy atom. The molecule has 0 fully saturated rings. The summed E-state index contributed by atoms with van der Waals surface area (Å²) in [6.45, 7) is 5.63. The maximum absolute atomic E-state index is 13.3. The van der Waals surface area contributed by atoms with Crippen molar-refractivity contribution in [3.63, 3.8) is 0 Å². The Bertz CT molecular complexity index is 1840. The molecule has 2 amide bonds. The van der Waals surface area contributed by atoms with Crippen LogP contribution in [0.5, 0.6) is 0 Å². The smallest absolute Gasteiger partial charge is 0.264 e. The number of carbonyl (C=O) groups is 2. The molecule has 0 aliphatic carbocycles. The van der Waals surface area contributed by atoms with Gasteiger partial charge in [-0.25, -0.2) is 9.50 Å². The first-order valence-corrected chi connectivity index (χ1v) is 12.4. The minimum absolute atomic E-state index is 0.0874. The minimum atomic E-state index is -0.619. The van der Waals surface area contributed by atoms with Crippen LogP contribution >= 0.6 is 0 Å². The number of hydrogen-bond donors (Lipinski definition) is 3. The van der Waals surface area contributed by atoms with E-state index in [1.165, 1.54) is 10.6 Å². The molecular weight excluding hydrogens is 506 g/mol. The molecule has 0 saturated carbocycles.